The number of benzene rings is 2. The van der Waals surface area contributed by atoms with Gasteiger partial charge >= 0.3 is 0 Å². The number of hydrogen-bond acceptors (Lipinski definition) is 6. The molecule has 0 radical (unpaired) electrons. The molecule has 0 fully saturated rings. The zero-order valence-corrected chi connectivity index (χ0v) is 14.8. The normalized spacial score (nSPS) is 12.0. The van der Waals surface area contributed by atoms with Crippen molar-refractivity contribution in [2.75, 3.05) is 38.8 Å². The van der Waals surface area contributed by atoms with Crippen molar-refractivity contribution in [2.24, 2.45) is 0 Å². The van der Waals surface area contributed by atoms with Gasteiger partial charge in [-0.1, -0.05) is 12.1 Å². The van der Waals surface area contributed by atoms with Gasteiger partial charge in [0.15, 0.2) is 29.6 Å². The Kier molecular flexibility index (Phi) is 5.98. The third-order valence-corrected chi connectivity index (χ3v) is 3.70. The molecule has 1 heterocycles. The molecule has 2 aromatic rings. The van der Waals surface area contributed by atoms with Crippen LogP contribution in [0.1, 0.15) is 0 Å². The molecule has 1 aliphatic rings. The van der Waals surface area contributed by atoms with Gasteiger partial charge in [0.05, 0.1) is 13.7 Å². The largest absolute Gasteiger partial charge is 0.493 e. The summed E-state index contributed by atoms with van der Waals surface area (Å²) in [7, 11) is 1.52. The molecule has 0 saturated carbocycles. The van der Waals surface area contributed by atoms with Crippen molar-refractivity contribution in [3.05, 3.63) is 42.5 Å². The van der Waals surface area contributed by atoms with Gasteiger partial charge in [0.1, 0.15) is 13.2 Å². The first-order chi connectivity index (χ1) is 13.2. The lowest BCUT2D eigenvalue weighted by molar-refractivity contribution is -0.125. The second-order valence-electron chi connectivity index (χ2n) is 5.62. The average Bonchev–Trinajstić information content (AvgIpc) is 2.70. The van der Waals surface area contributed by atoms with E-state index in [1.165, 1.54) is 7.11 Å². The fraction of sp³-hybridized carbons (Fsp3) is 0.263. The monoisotopic (exact) mass is 372 g/mol. The summed E-state index contributed by atoms with van der Waals surface area (Å²) in [4.78, 5) is 23.9. The number of carbonyl (C=O) groups excluding carboxylic acids is 2. The number of methoxy groups -OCH3 is 1. The van der Waals surface area contributed by atoms with Crippen molar-refractivity contribution in [1.82, 2.24) is 5.32 Å². The molecule has 2 amide bonds. The highest BCUT2D eigenvalue weighted by Crippen LogP contribution is 2.32. The summed E-state index contributed by atoms with van der Waals surface area (Å²) in [6.07, 6.45) is 0. The summed E-state index contributed by atoms with van der Waals surface area (Å²) >= 11 is 0. The van der Waals surface area contributed by atoms with Crippen LogP contribution >= 0.6 is 0 Å². The summed E-state index contributed by atoms with van der Waals surface area (Å²) in [6.45, 7) is 0.564. The zero-order chi connectivity index (χ0) is 19.1. The average molecular weight is 372 g/mol. The number of hydrogen-bond donors (Lipinski definition) is 2. The van der Waals surface area contributed by atoms with Gasteiger partial charge in [0, 0.05) is 11.8 Å². The first kappa shape index (κ1) is 18.4. The molecule has 0 aliphatic carbocycles. The highest BCUT2D eigenvalue weighted by atomic mass is 16.6. The predicted molar refractivity (Wildman–Crippen MR) is 97.6 cm³/mol. The van der Waals surface area contributed by atoms with E-state index in [0.29, 0.717) is 41.9 Å². The van der Waals surface area contributed by atoms with Crippen LogP contribution in [-0.2, 0) is 9.59 Å². The van der Waals surface area contributed by atoms with E-state index in [0.717, 1.165) is 0 Å². The minimum absolute atomic E-state index is 0.178. The molecule has 8 nitrogen and oxygen atoms in total. The first-order valence-electron chi connectivity index (χ1n) is 8.38. The van der Waals surface area contributed by atoms with Crippen LogP contribution in [0.15, 0.2) is 42.5 Å². The van der Waals surface area contributed by atoms with Crippen LogP contribution in [0.5, 0.6) is 23.0 Å². The number of nitrogens with one attached hydrogen (secondary N) is 2. The molecule has 27 heavy (non-hydrogen) atoms. The van der Waals surface area contributed by atoms with Gasteiger partial charge in [-0.15, -0.1) is 0 Å². The maximum Gasteiger partial charge on any atom is 0.258 e. The van der Waals surface area contributed by atoms with Crippen molar-refractivity contribution in [3.8, 4) is 23.0 Å². The number of rotatable bonds is 7. The van der Waals surface area contributed by atoms with Gasteiger partial charge in [-0.3, -0.25) is 9.59 Å². The maximum atomic E-state index is 12.0. The lowest BCUT2D eigenvalue weighted by atomic mass is 10.2. The highest BCUT2D eigenvalue weighted by molar-refractivity contribution is 5.95. The molecule has 2 aromatic carbocycles. The second kappa shape index (κ2) is 8.79. The van der Waals surface area contributed by atoms with Crippen LogP contribution in [0.25, 0.3) is 0 Å². The topological polar surface area (TPSA) is 95.1 Å². The Labute approximate surface area is 156 Å². The number of carbonyl (C=O) groups is 2. The fourth-order valence-electron chi connectivity index (χ4n) is 2.44. The van der Waals surface area contributed by atoms with E-state index >= 15 is 0 Å². The molecule has 0 spiro atoms. The van der Waals surface area contributed by atoms with Crippen LogP contribution < -0.4 is 29.6 Å². The van der Waals surface area contributed by atoms with E-state index in [4.69, 9.17) is 18.9 Å². The van der Waals surface area contributed by atoms with Crippen LogP contribution in [0.2, 0.25) is 0 Å². The van der Waals surface area contributed by atoms with Gasteiger partial charge in [-0.2, -0.15) is 0 Å². The molecule has 0 unspecified atom stereocenters. The van der Waals surface area contributed by atoms with E-state index in [2.05, 4.69) is 10.6 Å². The van der Waals surface area contributed by atoms with Gasteiger partial charge in [0.2, 0.25) is 5.91 Å². The van der Waals surface area contributed by atoms with Crippen molar-refractivity contribution in [1.29, 1.82) is 0 Å². The highest BCUT2D eigenvalue weighted by Gasteiger charge is 2.13. The van der Waals surface area contributed by atoms with Crippen LogP contribution in [-0.4, -0.2) is 45.3 Å². The van der Waals surface area contributed by atoms with Crippen molar-refractivity contribution >= 4 is 17.5 Å². The molecule has 1 aliphatic heterocycles. The van der Waals surface area contributed by atoms with Gasteiger partial charge in [0.25, 0.3) is 5.91 Å². The summed E-state index contributed by atoms with van der Waals surface area (Å²) in [6, 6.07) is 12.1. The third-order valence-electron chi connectivity index (χ3n) is 3.70. The smallest absolute Gasteiger partial charge is 0.258 e. The van der Waals surface area contributed by atoms with E-state index < -0.39 is 5.91 Å². The number of anilines is 1. The Morgan fingerprint density at radius 3 is 2.52 bits per heavy atom. The maximum absolute atomic E-state index is 12.0. The number of para-hydroxylation sites is 2. The molecular weight excluding hydrogens is 352 g/mol. The van der Waals surface area contributed by atoms with Crippen molar-refractivity contribution < 1.29 is 28.5 Å². The number of fused-ring (bicyclic) bond motifs is 1. The molecule has 0 saturated heterocycles. The number of ether oxygens (including phenoxy) is 4. The molecule has 142 valence electrons. The Morgan fingerprint density at radius 1 is 1.00 bits per heavy atom. The zero-order valence-electron chi connectivity index (χ0n) is 14.8. The third kappa shape index (κ3) is 5.04. The second-order valence-corrected chi connectivity index (χ2v) is 5.62. The summed E-state index contributed by atoms with van der Waals surface area (Å²) in [5.41, 5.74) is 0.559. The quantitative estimate of drug-likeness (QED) is 0.767. The van der Waals surface area contributed by atoms with Crippen LogP contribution in [0.4, 0.5) is 5.69 Å². The minimum atomic E-state index is -0.418. The first-order valence-corrected chi connectivity index (χ1v) is 8.38. The van der Waals surface area contributed by atoms with E-state index in [1.807, 2.05) is 0 Å². The fourth-order valence-corrected chi connectivity index (χ4v) is 2.44. The molecule has 2 N–H and O–H groups in total. The van der Waals surface area contributed by atoms with Crippen molar-refractivity contribution in [2.45, 2.75) is 0 Å². The lowest BCUT2D eigenvalue weighted by Gasteiger charge is -2.19. The lowest BCUT2D eigenvalue weighted by Crippen LogP contribution is -2.35. The summed E-state index contributed by atoms with van der Waals surface area (Å²) in [5.74, 6) is 1.42. The minimum Gasteiger partial charge on any atom is -0.493 e. The van der Waals surface area contributed by atoms with E-state index in [1.54, 1.807) is 42.5 Å². The van der Waals surface area contributed by atoms with Gasteiger partial charge in [-0.25, -0.2) is 0 Å². The predicted octanol–water partition coefficient (Wildman–Crippen LogP) is 1.60. The molecule has 3 rings (SSSR count). The Morgan fingerprint density at radius 2 is 1.74 bits per heavy atom. The van der Waals surface area contributed by atoms with Crippen LogP contribution in [0.3, 0.4) is 0 Å². The Balaban J connectivity index is 1.44. The summed E-state index contributed by atoms with van der Waals surface area (Å²) < 4.78 is 21.4. The standard InChI is InChI=1S/C19H20N2O6/c1-24-14-4-2-3-5-15(14)27-12-19(23)20-11-18(22)21-13-6-7-16-17(10-13)26-9-8-25-16/h2-7,10H,8-9,11-12H2,1H3,(H,20,23)(H,21,22). The SMILES string of the molecule is COc1ccccc1OCC(=O)NCC(=O)Nc1ccc2c(c1)OCCO2. The van der Waals surface area contributed by atoms with E-state index in [-0.39, 0.29) is 19.1 Å². The van der Waals surface area contributed by atoms with E-state index in [9.17, 15) is 9.59 Å². The Hall–Kier alpha value is -3.42. The van der Waals surface area contributed by atoms with Crippen molar-refractivity contribution in [3.63, 3.8) is 0 Å². The van der Waals surface area contributed by atoms with Gasteiger partial charge < -0.3 is 29.6 Å². The number of amides is 2. The summed E-state index contributed by atoms with van der Waals surface area (Å²) in [5, 5.41) is 5.19. The van der Waals surface area contributed by atoms with Gasteiger partial charge in [-0.05, 0) is 24.3 Å². The molecule has 0 atom stereocenters. The molecule has 0 bridgehead atoms. The molecule has 0 aromatic heterocycles. The molecular formula is C19H20N2O6. The molecule has 8 heteroatoms. The Bertz CT molecular complexity index is 824. The van der Waals surface area contributed by atoms with Crippen LogP contribution in [0, 0.1) is 0 Å².